The van der Waals surface area contributed by atoms with E-state index in [9.17, 15) is 5.11 Å². The Morgan fingerprint density at radius 1 is 1.60 bits per heavy atom. The average Bonchev–Trinajstić information content (AvgIpc) is 2.84. The molecule has 3 heteroatoms. The van der Waals surface area contributed by atoms with Gasteiger partial charge in [-0.3, -0.25) is 0 Å². The van der Waals surface area contributed by atoms with Crippen LogP contribution in [0.4, 0.5) is 0 Å². The molecule has 0 spiro atoms. The van der Waals surface area contributed by atoms with Crippen LogP contribution in [0.1, 0.15) is 43.6 Å². The molecule has 1 aromatic heterocycles. The number of rotatable bonds is 3. The number of aliphatic hydroxyl groups is 1. The van der Waals surface area contributed by atoms with Gasteiger partial charge in [0.25, 0.3) is 0 Å². The minimum Gasteiger partial charge on any atom is -0.387 e. The molecule has 0 aliphatic heterocycles. The zero-order valence-electron chi connectivity index (χ0n) is 8.95. The summed E-state index contributed by atoms with van der Waals surface area (Å²) < 4.78 is 1.07. The van der Waals surface area contributed by atoms with Gasteiger partial charge in [0.15, 0.2) is 0 Å². The maximum atomic E-state index is 10.3. The van der Waals surface area contributed by atoms with E-state index in [1.165, 1.54) is 25.7 Å². The van der Waals surface area contributed by atoms with E-state index >= 15 is 0 Å². The lowest BCUT2D eigenvalue weighted by Gasteiger charge is -2.17. The lowest BCUT2D eigenvalue weighted by atomic mass is 9.97. The largest absolute Gasteiger partial charge is 0.387 e. The highest BCUT2D eigenvalue weighted by atomic mass is 79.9. The Kier molecular flexibility index (Phi) is 3.86. The van der Waals surface area contributed by atoms with Crippen LogP contribution in [-0.2, 0) is 0 Å². The van der Waals surface area contributed by atoms with Gasteiger partial charge in [-0.1, -0.05) is 19.8 Å². The van der Waals surface area contributed by atoms with Crippen LogP contribution >= 0.6 is 27.3 Å². The lowest BCUT2D eigenvalue weighted by molar-refractivity contribution is 0.112. The zero-order chi connectivity index (χ0) is 10.8. The minimum absolute atomic E-state index is 0.254. The van der Waals surface area contributed by atoms with Crippen molar-refractivity contribution >= 4 is 27.3 Å². The third-order valence-electron chi connectivity index (χ3n) is 3.52. The molecule has 1 nitrogen and oxygen atoms in total. The van der Waals surface area contributed by atoms with Crippen molar-refractivity contribution in [2.24, 2.45) is 11.8 Å². The van der Waals surface area contributed by atoms with Crippen molar-refractivity contribution < 1.29 is 5.11 Å². The summed E-state index contributed by atoms with van der Waals surface area (Å²) in [6, 6.07) is 2.02. The summed E-state index contributed by atoms with van der Waals surface area (Å²) in [5.74, 6) is 1.31. The molecule has 15 heavy (non-hydrogen) atoms. The lowest BCUT2D eigenvalue weighted by Crippen LogP contribution is -2.08. The van der Waals surface area contributed by atoms with Gasteiger partial charge < -0.3 is 5.11 Å². The number of hydrogen-bond acceptors (Lipinski definition) is 2. The molecule has 1 N–H and O–H groups in total. The number of aliphatic hydroxyl groups excluding tert-OH is 1. The molecule has 84 valence electrons. The van der Waals surface area contributed by atoms with Crippen LogP contribution in [0.25, 0.3) is 0 Å². The van der Waals surface area contributed by atoms with E-state index < -0.39 is 0 Å². The summed E-state index contributed by atoms with van der Waals surface area (Å²) in [7, 11) is 0. The van der Waals surface area contributed by atoms with E-state index in [0.717, 1.165) is 15.3 Å². The van der Waals surface area contributed by atoms with Crippen LogP contribution in [0.2, 0.25) is 0 Å². The van der Waals surface area contributed by atoms with E-state index in [2.05, 4.69) is 22.9 Å². The van der Waals surface area contributed by atoms with E-state index in [1.807, 2.05) is 11.4 Å². The fourth-order valence-electron chi connectivity index (χ4n) is 2.50. The first-order valence-corrected chi connectivity index (χ1v) is 7.30. The standard InChI is InChI=1S/C12H17BrOS/c1-2-8-3-4-9(7-8)11(14)12-10(13)5-6-15-12/h5-6,8-9,11,14H,2-4,7H2,1H3. The van der Waals surface area contributed by atoms with Crippen LogP contribution in [0.5, 0.6) is 0 Å². The smallest absolute Gasteiger partial charge is 0.0921 e. The van der Waals surface area contributed by atoms with Crippen molar-refractivity contribution in [3.05, 3.63) is 20.8 Å². The number of halogens is 1. The predicted octanol–water partition coefficient (Wildman–Crippen LogP) is 4.37. The second-order valence-corrected chi connectivity index (χ2v) is 6.23. The summed E-state index contributed by atoms with van der Waals surface area (Å²) in [5.41, 5.74) is 0. The van der Waals surface area contributed by atoms with E-state index in [4.69, 9.17) is 0 Å². The zero-order valence-corrected chi connectivity index (χ0v) is 11.4. The molecule has 0 aromatic carbocycles. The van der Waals surface area contributed by atoms with Crippen molar-refractivity contribution in [2.45, 2.75) is 38.7 Å². The first kappa shape index (κ1) is 11.6. The average molecular weight is 289 g/mol. The SMILES string of the molecule is CCC1CCC(C(O)c2sccc2Br)C1. The Hall–Kier alpha value is 0.140. The van der Waals surface area contributed by atoms with Gasteiger partial charge in [-0.05, 0) is 52.1 Å². The molecule has 1 aliphatic carbocycles. The second kappa shape index (κ2) is 4.98. The van der Waals surface area contributed by atoms with Crippen LogP contribution in [-0.4, -0.2) is 5.11 Å². The molecule has 0 saturated heterocycles. The molecule has 1 fully saturated rings. The van der Waals surface area contributed by atoms with Gasteiger partial charge in [0.1, 0.15) is 0 Å². The quantitative estimate of drug-likeness (QED) is 0.876. The van der Waals surface area contributed by atoms with Gasteiger partial charge >= 0.3 is 0 Å². The maximum absolute atomic E-state index is 10.3. The van der Waals surface area contributed by atoms with Gasteiger partial charge in [0.05, 0.1) is 6.10 Å². The Labute approximate surface area is 104 Å². The number of thiophene rings is 1. The highest BCUT2D eigenvalue weighted by Gasteiger charge is 2.31. The molecule has 2 rings (SSSR count). The molecule has 0 radical (unpaired) electrons. The van der Waals surface area contributed by atoms with Crippen LogP contribution in [0.3, 0.4) is 0 Å². The Morgan fingerprint density at radius 3 is 2.93 bits per heavy atom. The monoisotopic (exact) mass is 288 g/mol. The molecule has 3 atom stereocenters. The second-order valence-electron chi connectivity index (χ2n) is 4.43. The fraction of sp³-hybridized carbons (Fsp3) is 0.667. The first-order valence-electron chi connectivity index (χ1n) is 5.63. The third kappa shape index (κ3) is 2.45. The van der Waals surface area contributed by atoms with Gasteiger partial charge in [-0.2, -0.15) is 0 Å². The van der Waals surface area contributed by atoms with E-state index in [1.54, 1.807) is 11.3 Å². The summed E-state index contributed by atoms with van der Waals surface area (Å²) in [6.45, 7) is 2.25. The molecule has 0 bridgehead atoms. The highest BCUT2D eigenvalue weighted by Crippen LogP contribution is 2.43. The fourth-order valence-corrected chi connectivity index (χ4v) is 4.19. The van der Waals surface area contributed by atoms with Crippen molar-refractivity contribution in [1.29, 1.82) is 0 Å². The highest BCUT2D eigenvalue weighted by molar-refractivity contribution is 9.10. The van der Waals surface area contributed by atoms with Crippen molar-refractivity contribution in [2.75, 3.05) is 0 Å². The first-order chi connectivity index (χ1) is 7.22. The van der Waals surface area contributed by atoms with Crippen LogP contribution in [0, 0.1) is 11.8 Å². The summed E-state index contributed by atoms with van der Waals surface area (Å²) in [6.07, 6.45) is 4.68. The molecular formula is C12H17BrOS. The maximum Gasteiger partial charge on any atom is 0.0921 e. The third-order valence-corrected chi connectivity index (χ3v) is 5.46. The van der Waals surface area contributed by atoms with E-state index in [-0.39, 0.29) is 6.10 Å². The molecular weight excluding hydrogens is 272 g/mol. The predicted molar refractivity (Wildman–Crippen MR) is 68.1 cm³/mol. The van der Waals surface area contributed by atoms with E-state index in [0.29, 0.717) is 5.92 Å². The minimum atomic E-state index is -0.254. The molecule has 1 aliphatic rings. The van der Waals surface area contributed by atoms with Crippen molar-refractivity contribution in [1.82, 2.24) is 0 Å². The van der Waals surface area contributed by atoms with Crippen molar-refractivity contribution in [3.63, 3.8) is 0 Å². The molecule has 3 unspecified atom stereocenters. The number of hydrogen-bond donors (Lipinski definition) is 1. The van der Waals surface area contributed by atoms with Crippen LogP contribution < -0.4 is 0 Å². The topological polar surface area (TPSA) is 20.2 Å². The van der Waals surface area contributed by atoms with Gasteiger partial charge in [-0.15, -0.1) is 11.3 Å². The molecule has 1 aromatic rings. The normalized spacial score (nSPS) is 28.2. The van der Waals surface area contributed by atoms with Gasteiger partial charge in [0, 0.05) is 9.35 Å². The van der Waals surface area contributed by atoms with Gasteiger partial charge in [0.2, 0.25) is 0 Å². The molecule has 0 amide bonds. The van der Waals surface area contributed by atoms with Crippen LogP contribution in [0.15, 0.2) is 15.9 Å². The Morgan fingerprint density at radius 2 is 2.40 bits per heavy atom. The molecule has 1 saturated carbocycles. The molecule has 1 heterocycles. The van der Waals surface area contributed by atoms with Crippen molar-refractivity contribution in [3.8, 4) is 0 Å². The van der Waals surface area contributed by atoms with Gasteiger partial charge in [-0.25, -0.2) is 0 Å². The summed E-state index contributed by atoms with van der Waals surface area (Å²) >= 11 is 5.15. The summed E-state index contributed by atoms with van der Waals surface area (Å²) in [4.78, 5) is 1.11. The Bertz CT molecular complexity index is 323. The summed E-state index contributed by atoms with van der Waals surface area (Å²) in [5, 5.41) is 12.3. The Balaban J connectivity index is 2.03.